The van der Waals surface area contributed by atoms with Gasteiger partial charge in [0.25, 0.3) is 0 Å². The fourth-order valence-electron chi connectivity index (χ4n) is 1.46. The van der Waals surface area contributed by atoms with Gasteiger partial charge in [-0.15, -0.1) is 0 Å². The highest BCUT2D eigenvalue weighted by atomic mass is 35.5. The van der Waals surface area contributed by atoms with E-state index < -0.39 is 5.82 Å². The number of aromatic nitrogens is 2. The number of nitrogens with zero attached hydrogens (tertiary/aromatic N) is 2. The van der Waals surface area contributed by atoms with Gasteiger partial charge in [-0.2, -0.15) is 0 Å². The summed E-state index contributed by atoms with van der Waals surface area (Å²) in [4.78, 5) is 8.12. The number of benzene rings is 1. The first kappa shape index (κ1) is 12.6. The molecule has 0 aliphatic carbocycles. The first-order chi connectivity index (χ1) is 8.56. The van der Waals surface area contributed by atoms with Crippen LogP contribution in [0.25, 0.3) is 0 Å². The maximum Gasteiger partial charge on any atom is 0.183 e. The van der Waals surface area contributed by atoms with Gasteiger partial charge < -0.3 is 10.5 Å². The molecule has 94 valence electrons. The van der Waals surface area contributed by atoms with Crippen LogP contribution in [0.15, 0.2) is 24.3 Å². The van der Waals surface area contributed by atoms with E-state index in [1.165, 1.54) is 12.1 Å². The van der Waals surface area contributed by atoms with Crippen molar-refractivity contribution in [3.05, 3.63) is 46.6 Å². The molecule has 1 aromatic carbocycles. The van der Waals surface area contributed by atoms with Crippen molar-refractivity contribution >= 4 is 17.4 Å². The number of rotatable bonds is 3. The van der Waals surface area contributed by atoms with Crippen molar-refractivity contribution in [1.82, 2.24) is 9.97 Å². The monoisotopic (exact) mass is 267 g/mol. The Morgan fingerprint density at radius 3 is 2.89 bits per heavy atom. The molecule has 2 aromatic rings. The van der Waals surface area contributed by atoms with Gasteiger partial charge in [-0.25, -0.2) is 14.4 Å². The molecule has 18 heavy (non-hydrogen) atoms. The van der Waals surface area contributed by atoms with Crippen LogP contribution in [0.5, 0.6) is 5.75 Å². The number of halogens is 2. The second kappa shape index (κ2) is 5.18. The Balaban J connectivity index is 2.14. The van der Waals surface area contributed by atoms with E-state index in [-0.39, 0.29) is 17.4 Å². The lowest BCUT2D eigenvalue weighted by atomic mass is 10.3. The Morgan fingerprint density at radius 1 is 1.39 bits per heavy atom. The van der Waals surface area contributed by atoms with Gasteiger partial charge in [0.05, 0.1) is 5.02 Å². The van der Waals surface area contributed by atoms with Crippen molar-refractivity contribution < 1.29 is 9.13 Å². The lowest BCUT2D eigenvalue weighted by Gasteiger charge is -2.07. The van der Waals surface area contributed by atoms with Gasteiger partial charge in [0.15, 0.2) is 17.4 Å². The van der Waals surface area contributed by atoms with Crippen molar-refractivity contribution in [2.75, 3.05) is 5.73 Å². The normalized spacial score (nSPS) is 10.4. The fraction of sp³-hybridized carbons (Fsp3) is 0.167. The zero-order valence-electron chi connectivity index (χ0n) is 9.65. The van der Waals surface area contributed by atoms with Crippen LogP contribution in [0.4, 0.5) is 10.2 Å². The quantitative estimate of drug-likeness (QED) is 0.929. The molecule has 4 nitrogen and oxygen atoms in total. The van der Waals surface area contributed by atoms with Crippen LogP contribution in [-0.2, 0) is 6.61 Å². The third-order valence-electron chi connectivity index (χ3n) is 2.19. The van der Waals surface area contributed by atoms with Crippen molar-refractivity contribution in [3.63, 3.8) is 0 Å². The largest absolute Gasteiger partial charge is 0.482 e. The lowest BCUT2D eigenvalue weighted by Crippen LogP contribution is -2.06. The summed E-state index contributed by atoms with van der Waals surface area (Å²) in [5.74, 6) is 0.213. The highest BCUT2D eigenvalue weighted by Gasteiger charge is 2.08. The average molecular weight is 268 g/mol. The van der Waals surface area contributed by atoms with Gasteiger partial charge in [-0.1, -0.05) is 17.7 Å². The summed E-state index contributed by atoms with van der Waals surface area (Å²) in [6, 6.07) is 6.18. The van der Waals surface area contributed by atoms with Gasteiger partial charge >= 0.3 is 0 Å². The molecule has 0 aliphatic heterocycles. The van der Waals surface area contributed by atoms with Crippen LogP contribution in [0.1, 0.15) is 11.5 Å². The SMILES string of the molecule is Cc1cc(N)nc(COc2cccc(Cl)c2F)n1. The minimum atomic E-state index is -0.597. The Morgan fingerprint density at radius 2 is 2.17 bits per heavy atom. The summed E-state index contributed by atoms with van der Waals surface area (Å²) in [5.41, 5.74) is 6.31. The topological polar surface area (TPSA) is 61.0 Å². The van der Waals surface area contributed by atoms with Crippen molar-refractivity contribution in [2.24, 2.45) is 0 Å². The molecule has 0 saturated heterocycles. The maximum absolute atomic E-state index is 13.5. The van der Waals surface area contributed by atoms with Gasteiger partial charge in [0, 0.05) is 11.8 Å². The van der Waals surface area contributed by atoms with Gasteiger partial charge in [0.1, 0.15) is 12.4 Å². The molecular formula is C12H11ClFN3O. The minimum absolute atomic E-state index is 0.0113. The molecule has 0 unspecified atom stereocenters. The van der Waals surface area contributed by atoms with E-state index in [1.54, 1.807) is 19.1 Å². The number of nitrogens with two attached hydrogens (primary N) is 1. The molecular weight excluding hydrogens is 257 g/mol. The van der Waals surface area contributed by atoms with E-state index in [2.05, 4.69) is 9.97 Å². The number of hydrogen-bond acceptors (Lipinski definition) is 4. The number of ether oxygens (including phenoxy) is 1. The van der Waals surface area contributed by atoms with Gasteiger partial charge in [0.2, 0.25) is 0 Å². The van der Waals surface area contributed by atoms with Crippen molar-refractivity contribution in [3.8, 4) is 5.75 Å². The van der Waals surface area contributed by atoms with Crippen LogP contribution in [0.2, 0.25) is 5.02 Å². The summed E-state index contributed by atoms with van der Waals surface area (Å²) in [6.07, 6.45) is 0. The summed E-state index contributed by atoms with van der Waals surface area (Å²) in [6.45, 7) is 1.82. The second-order valence-corrected chi connectivity index (χ2v) is 4.10. The summed E-state index contributed by atoms with van der Waals surface area (Å²) in [5, 5.41) is 0.0113. The number of anilines is 1. The first-order valence-corrected chi connectivity index (χ1v) is 5.61. The third-order valence-corrected chi connectivity index (χ3v) is 2.49. The van der Waals surface area contributed by atoms with E-state index in [0.29, 0.717) is 11.6 Å². The molecule has 0 spiro atoms. The predicted molar refractivity (Wildman–Crippen MR) is 66.9 cm³/mol. The Kier molecular flexibility index (Phi) is 3.62. The lowest BCUT2D eigenvalue weighted by molar-refractivity contribution is 0.281. The molecule has 0 bridgehead atoms. The molecule has 0 atom stereocenters. The van der Waals surface area contributed by atoms with Crippen molar-refractivity contribution in [1.29, 1.82) is 0 Å². The zero-order chi connectivity index (χ0) is 13.1. The average Bonchev–Trinajstić information content (AvgIpc) is 2.30. The van der Waals surface area contributed by atoms with Gasteiger partial charge in [-0.3, -0.25) is 0 Å². The molecule has 2 N–H and O–H groups in total. The summed E-state index contributed by atoms with van der Waals surface area (Å²) < 4.78 is 18.8. The van der Waals surface area contributed by atoms with E-state index in [9.17, 15) is 4.39 Å². The molecule has 0 saturated carbocycles. The summed E-state index contributed by atoms with van der Waals surface area (Å²) >= 11 is 5.64. The van der Waals surface area contributed by atoms with E-state index in [4.69, 9.17) is 22.1 Å². The molecule has 1 aromatic heterocycles. The Hall–Kier alpha value is -1.88. The highest BCUT2D eigenvalue weighted by Crippen LogP contribution is 2.24. The maximum atomic E-state index is 13.5. The third kappa shape index (κ3) is 2.87. The number of aryl methyl sites for hydroxylation is 1. The highest BCUT2D eigenvalue weighted by molar-refractivity contribution is 6.30. The Bertz CT molecular complexity index is 557. The molecule has 6 heteroatoms. The van der Waals surface area contributed by atoms with E-state index in [1.807, 2.05) is 0 Å². The summed E-state index contributed by atoms with van der Waals surface area (Å²) in [7, 11) is 0. The van der Waals surface area contributed by atoms with Crippen LogP contribution < -0.4 is 10.5 Å². The molecule has 0 radical (unpaired) electrons. The smallest absolute Gasteiger partial charge is 0.183 e. The van der Waals surface area contributed by atoms with Crippen LogP contribution in [0, 0.1) is 12.7 Å². The predicted octanol–water partition coefficient (Wildman–Crippen LogP) is 2.74. The molecule has 1 heterocycles. The standard InChI is InChI=1S/C12H11ClFN3O/c1-7-5-10(15)17-11(16-7)6-18-9-4-2-3-8(13)12(9)14/h2-5H,6H2,1H3,(H2,15,16,17). The molecule has 0 fully saturated rings. The van der Waals surface area contributed by atoms with E-state index in [0.717, 1.165) is 5.69 Å². The second-order valence-electron chi connectivity index (χ2n) is 3.69. The van der Waals surface area contributed by atoms with Crippen LogP contribution in [0.3, 0.4) is 0 Å². The Labute approximate surface area is 109 Å². The number of hydrogen-bond donors (Lipinski definition) is 1. The molecule has 0 amide bonds. The fourth-order valence-corrected chi connectivity index (χ4v) is 1.62. The molecule has 0 aliphatic rings. The van der Waals surface area contributed by atoms with Crippen LogP contribution in [-0.4, -0.2) is 9.97 Å². The van der Waals surface area contributed by atoms with Crippen molar-refractivity contribution in [2.45, 2.75) is 13.5 Å². The van der Waals surface area contributed by atoms with Gasteiger partial charge in [-0.05, 0) is 19.1 Å². The van der Waals surface area contributed by atoms with Crippen LogP contribution >= 0.6 is 11.6 Å². The van der Waals surface area contributed by atoms with E-state index >= 15 is 0 Å². The zero-order valence-corrected chi connectivity index (χ0v) is 10.4. The number of nitrogen functional groups attached to an aromatic ring is 1. The first-order valence-electron chi connectivity index (χ1n) is 5.23. The molecule has 2 rings (SSSR count). The minimum Gasteiger partial charge on any atom is -0.482 e.